The monoisotopic (exact) mass is 428 g/mol. The number of benzene rings is 1. The summed E-state index contributed by atoms with van der Waals surface area (Å²) < 4.78 is 19.4. The fourth-order valence-corrected chi connectivity index (χ4v) is 3.90. The number of methoxy groups -OCH3 is 1. The number of thioether (sulfide) groups is 1. The highest BCUT2D eigenvalue weighted by molar-refractivity contribution is 7.98. The topological polar surface area (TPSA) is 96.6 Å². The minimum atomic E-state index is -0.247. The molecule has 9 nitrogen and oxygen atoms in total. The van der Waals surface area contributed by atoms with E-state index in [1.807, 2.05) is 17.8 Å². The SMILES string of the molecule is COc1cn(CC(=O)Nc2ccc3c(c2)OCO3)c(CSc2nccn2C)cc1=O. The standard InChI is InChI=1S/C20H20N4O5S/c1-23-6-5-21-20(23)30-11-14-8-15(25)18(27-2)9-24(14)10-19(26)22-13-3-4-16-17(7-13)29-12-28-16/h3-9H,10-12H2,1-2H3,(H,22,26). The van der Waals surface area contributed by atoms with Gasteiger partial charge in [0, 0.05) is 48.7 Å². The second kappa shape index (κ2) is 8.54. The van der Waals surface area contributed by atoms with Gasteiger partial charge in [0.2, 0.25) is 18.1 Å². The molecule has 0 fully saturated rings. The zero-order chi connectivity index (χ0) is 21.1. The molecule has 0 spiro atoms. The van der Waals surface area contributed by atoms with Crippen LogP contribution in [0.25, 0.3) is 0 Å². The molecule has 1 N–H and O–H groups in total. The van der Waals surface area contributed by atoms with Gasteiger partial charge in [-0.1, -0.05) is 11.8 Å². The number of hydrogen-bond donors (Lipinski definition) is 1. The van der Waals surface area contributed by atoms with E-state index >= 15 is 0 Å². The van der Waals surface area contributed by atoms with Crippen LogP contribution in [-0.4, -0.2) is 33.9 Å². The number of rotatable bonds is 7. The molecule has 1 aromatic carbocycles. The largest absolute Gasteiger partial charge is 0.491 e. The number of nitrogens with zero attached hydrogens (tertiary/aromatic N) is 3. The van der Waals surface area contributed by atoms with E-state index in [2.05, 4.69) is 10.3 Å². The van der Waals surface area contributed by atoms with Crippen molar-refractivity contribution in [2.45, 2.75) is 17.5 Å². The molecule has 10 heteroatoms. The minimum Gasteiger partial charge on any atom is -0.491 e. The quantitative estimate of drug-likeness (QED) is 0.577. The summed E-state index contributed by atoms with van der Waals surface area (Å²) in [6.07, 6.45) is 5.11. The molecule has 0 radical (unpaired) electrons. The zero-order valence-electron chi connectivity index (χ0n) is 16.5. The summed E-state index contributed by atoms with van der Waals surface area (Å²) in [5.74, 6) is 1.64. The van der Waals surface area contributed by atoms with E-state index in [1.54, 1.807) is 35.2 Å². The van der Waals surface area contributed by atoms with Crippen LogP contribution in [0.3, 0.4) is 0 Å². The van der Waals surface area contributed by atoms with Crippen molar-refractivity contribution in [3.63, 3.8) is 0 Å². The van der Waals surface area contributed by atoms with Crippen LogP contribution >= 0.6 is 11.8 Å². The van der Waals surface area contributed by atoms with Crippen molar-refractivity contribution in [1.82, 2.24) is 14.1 Å². The van der Waals surface area contributed by atoms with E-state index in [0.29, 0.717) is 28.6 Å². The maximum absolute atomic E-state index is 12.7. The second-order valence-electron chi connectivity index (χ2n) is 6.55. The first-order chi connectivity index (χ1) is 14.5. The molecule has 4 rings (SSSR count). The Hall–Kier alpha value is -3.40. The predicted molar refractivity (Wildman–Crippen MR) is 111 cm³/mol. The van der Waals surface area contributed by atoms with E-state index in [1.165, 1.54) is 24.9 Å². The Morgan fingerprint density at radius 3 is 2.90 bits per heavy atom. The number of ether oxygens (including phenoxy) is 3. The van der Waals surface area contributed by atoms with Crippen molar-refractivity contribution in [1.29, 1.82) is 0 Å². The highest BCUT2D eigenvalue weighted by atomic mass is 32.2. The molecule has 3 aromatic rings. The van der Waals surface area contributed by atoms with Crippen molar-refractivity contribution in [3.8, 4) is 17.2 Å². The maximum Gasteiger partial charge on any atom is 0.244 e. The van der Waals surface area contributed by atoms with Gasteiger partial charge in [-0.3, -0.25) is 9.59 Å². The summed E-state index contributed by atoms with van der Waals surface area (Å²) in [5, 5.41) is 3.66. The Kier molecular flexibility index (Phi) is 5.66. The van der Waals surface area contributed by atoms with Gasteiger partial charge < -0.3 is 28.7 Å². The second-order valence-corrected chi connectivity index (χ2v) is 7.49. The third-order valence-corrected chi connectivity index (χ3v) is 5.59. The number of carbonyl (C=O) groups is 1. The Bertz CT molecular complexity index is 1140. The maximum atomic E-state index is 12.7. The van der Waals surface area contributed by atoms with Gasteiger partial charge in [0.15, 0.2) is 22.4 Å². The van der Waals surface area contributed by atoms with Crippen molar-refractivity contribution in [2.24, 2.45) is 7.05 Å². The Balaban J connectivity index is 1.51. The number of amides is 1. The fourth-order valence-electron chi connectivity index (χ4n) is 2.98. The molecule has 0 unspecified atom stereocenters. The minimum absolute atomic E-state index is 0.0154. The van der Waals surface area contributed by atoms with Gasteiger partial charge in [0.1, 0.15) is 6.54 Å². The molecule has 0 saturated heterocycles. The van der Waals surface area contributed by atoms with Gasteiger partial charge in [-0.25, -0.2) is 4.98 Å². The number of carbonyl (C=O) groups excluding carboxylic acids is 1. The smallest absolute Gasteiger partial charge is 0.244 e. The molecule has 3 heterocycles. The molecular weight excluding hydrogens is 408 g/mol. The number of anilines is 1. The molecular formula is C20H20N4O5S. The predicted octanol–water partition coefficient (Wildman–Crippen LogP) is 2.25. The van der Waals surface area contributed by atoms with E-state index in [-0.39, 0.29) is 30.4 Å². The third-order valence-electron chi connectivity index (χ3n) is 4.50. The molecule has 1 aliphatic rings. The normalized spacial score (nSPS) is 12.1. The molecule has 0 saturated carbocycles. The summed E-state index contributed by atoms with van der Waals surface area (Å²) in [6, 6.07) is 6.69. The number of fused-ring (bicyclic) bond motifs is 1. The molecule has 0 aliphatic carbocycles. The van der Waals surface area contributed by atoms with E-state index in [9.17, 15) is 9.59 Å². The van der Waals surface area contributed by atoms with Gasteiger partial charge in [-0.05, 0) is 12.1 Å². The van der Waals surface area contributed by atoms with Gasteiger partial charge in [0.05, 0.1) is 13.3 Å². The lowest BCUT2D eigenvalue weighted by molar-refractivity contribution is -0.116. The van der Waals surface area contributed by atoms with E-state index in [4.69, 9.17) is 14.2 Å². The van der Waals surface area contributed by atoms with Gasteiger partial charge in [-0.15, -0.1) is 0 Å². The van der Waals surface area contributed by atoms with Crippen LogP contribution in [0.1, 0.15) is 5.69 Å². The first-order valence-electron chi connectivity index (χ1n) is 9.10. The highest BCUT2D eigenvalue weighted by Gasteiger charge is 2.16. The van der Waals surface area contributed by atoms with Gasteiger partial charge in [0.25, 0.3) is 0 Å². The van der Waals surface area contributed by atoms with Crippen LogP contribution in [0, 0.1) is 0 Å². The number of aromatic nitrogens is 3. The Morgan fingerprint density at radius 1 is 1.30 bits per heavy atom. The lowest BCUT2D eigenvalue weighted by Gasteiger charge is -2.15. The Labute approximate surface area is 176 Å². The van der Waals surface area contributed by atoms with Crippen LogP contribution < -0.4 is 25.0 Å². The highest BCUT2D eigenvalue weighted by Crippen LogP contribution is 2.34. The number of nitrogens with one attached hydrogen (secondary N) is 1. The molecule has 1 amide bonds. The third kappa shape index (κ3) is 4.28. The first-order valence-corrected chi connectivity index (χ1v) is 10.1. The lowest BCUT2D eigenvalue weighted by atomic mass is 10.2. The van der Waals surface area contributed by atoms with Crippen molar-refractivity contribution < 1.29 is 19.0 Å². The molecule has 0 atom stereocenters. The van der Waals surface area contributed by atoms with Crippen molar-refractivity contribution >= 4 is 23.4 Å². The molecule has 0 bridgehead atoms. The average molecular weight is 428 g/mol. The molecule has 156 valence electrons. The molecule has 1 aliphatic heterocycles. The van der Waals surface area contributed by atoms with Crippen LogP contribution in [0.2, 0.25) is 0 Å². The van der Waals surface area contributed by atoms with Crippen molar-refractivity contribution in [3.05, 3.63) is 58.8 Å². The molecule has 2 aromatic heterocycles. The average Bonchev–Trinajstić information content (AvgIpc) is 3.36. The summed E-state index contributed by atoms with van der Waals surface area (Å²) >= 11 is 1.48. The number of imidazole rings is 1. The summed E-state index contributed by atoms with van der Waals surface area (Å²) in [4.78, 5) is 29.2. The summed E-state index contributed by atoms with van der Waals surface area (Å²) in [7, 11) is 3.32. The zero-order valence-corrected chi connectivity index (χ0v) is 17.3. The van der Waals surface area contributed by atoms with Crippen molar-refractivity contribution in [2.75, 3.05) is 19.2 Å². The van der Waals surface area contributed by atoms with Crippen LogP contribution in [-0.2, 0) is 24.1 Å². The fraction of sp³-hybridized carbons (Fsp3) is 0.250. The summed E-state index contributed by atoms with van der Waals surface area (Å²) in [6.45, 7) is 0.183. The van der Waals surface area contributed by atoms with Crippen LogP contribution in [0.5, 0.6) is 17.2 Å². The lowest BCUT2D eigenvalue weighted by Crippen LogP contribution is -2.22. The first kappa shape index (κ1) is 19.9. The van der Waals surface area contributed by atoms with Crippen LogP contribution in [0.15, 0.2) is 52.8 Å². The van der Waals surface area contributed by atoms with Gasteiger partial charge >= 0.3 is 0 Å². The van der Waals surface area contributed by atoms with E-state index < -0.39 is 0 Å². The number of pyridine rings is 1. The summed E-state index contributed by atoms with van der Waals surface area (Å²) in [5.41, 5.74) is 1.05. The number of hydrogen-bond acceptors (Lipinski definition) is 7. The number of aryl methyl sites for hydroxylation is 1. The van der Waals surface area contributed by atoms with Gasteiger partial charge in [-0.2, -0.15) is 0 Å². The van der Waals surface area contributed by atoms with Crippen LogP contribution in [0.4, 0.5) is 5.69 Å². The molecule has 30 heavy (non-hydrogen) atoms. The Morgan fingerprint density at radius 2 is 2.13 bits per heavy atom. The van der Waals surface area contributed by atoms with E-state index in [0.717, 1.165) is 5.16 Å².